The molecule has 0 spiro atoms. The lowest BCUT2D eigenvalue weighted by atomic mass is 9.68. The number of fused-ring (bicyclic) bond motifs is 2. The van der Waals surface area contributed by atoms with Crippen molar-refractivity contribution >= 4 is 0 Å². The van der Waals surface area contributed by atoms with E-state index in [2.05, 4.69) is 107 Å². The third kappa shape index (κ3) is 2.26. The maximum Gasteiger partial charge on any atom is 0.150 e. The van der Waals surface area contributed by atoms with Crippen LogP contribution >= 0.6 is 0 Å². The molecule has 0 radical (unpaired) electrons. The molecule has 0 saturated heterocycles. The van der Waals surface area contributed by atoms with E-state index in [1.54, 1.807) is 0 Å². The second kappa shape index (κ2) is 6.53. The van der Waals surface area contributed by atoms with Crippen molar-refractivity contribution in [3.05, 3.63) is 138 Å². The number of H-pyrrole nitrogens is 1. The van der Waals surface area contributed by atoms with Crippen LogP contribution in [0.25, 0.3) is 5.69 Å². The zero-order valence-corrected chi connectivity index (χ0v) is 16.3. The molecular formula is C27H20N2O. The van der Waals surface area contributed by atoms with Crippen LogP contribution in [0.1, 0.15) is 22.5 Å². The molecule has 3 heteroatoms. The van der Waals surface area contributed by atoms with E-state index in [0.717, 1.165) is 28.6 Å². The van der Waals surface area contributed by atoms with Crippen LogP contribution in [0, 0.1) is 0 Å². The predicted octanol–water partition coefficient (Wildman–Crippen LogP) is 6.29. The highest BCUT2D eigenvalue weighted by molar-refractivity contribution is 5.67. The summed E-state index contributed by atoms with van der Waals surface area (Å²) < 4.78 is 8.61. The second-order valence-electron chi connectivity index (χ2n) is 7.54. The average Bonchev–Trinajstić information content (AvgIpc) is 3.47. The monoisotopic (exact) mass is 388 g/mol. The van der Waals surface area contributed by atoms with E-state index in [1.165, 1.54) is 11.1 Å². The summed E-state index contributed by atoms with van der Waals surface area (Å²) in [6.07, 6.45) is 4.07. The molecule has 1 aliphatic rings. The summed E-state index contributed by atoms with van der Waals surface area (Å²) >= 11 is 0. The molecule has 0 amide bonds. The Bertz CT molecular complexity index is 1260. The van der Waals surface area contributed by atoms with Crippen LogP contribution in [-0.4, -0.2) is 9.55 Å². The summed E-state index contributed by atoms with van der Waals surface area (Å²) in [5.41, 5.74) is 5.10. The molecule has 2 aromatic heterocycles. The third-order valence-corrected chi connectivity index (χ3v) is 5.96. The molecule has 0 unspecified atom stereocenters. The van der Waals surface area contributed by atoms with Crippen molar-refractivity contribution < 1.29 is 4.74 Å². The van der Waals surface area contributed by atoms with E-state index >= 15 is 0 Å². The first kappa shape index (κ1) is 16.9. The van der Waals surface area contributed by atoms with E-state index in [9.17, 15) is 0 Å². The van der Waals surface area contributed by atoms with E-state index in [-0.39, 0.29) is 0 Å². The Morgan fingerprint density at radius 3 is 1.87 bits per heavy atom. The van der Waals surface area contributed by atoms with Crippen LogP contribution in [0.2, 0.25) is 0 Å². The SMILES string of the molecule is c1ccc(-n2ccc3c2C(c2ccccc2)(c2ccccc2)c2[nH]ccc2O3)cc1. The van der Waals surface area contributed by atoms with Gasteiger partial charge >= 0.3 is 0 Å². The lowest BCUT2D eigenvalue weighted by Crippen LogP contribution is -2.36. The van der Waals surface area contributed by atoms with Crippen molar-refractivity contribution in [3.8, 4) is 17.2 Å². The van der Waals surface area contributed by atoms with Gasteiger partial charge in [-0.05, 0) is 35.4 Å². The van der Waals surface area contributed by atoms with Crippen LogP contribution < -0.4 is 4.74 Å². The average molecular weight is 388 g/mol. The number of ether oxygens (including phenoxy) is 1. The molecule has 0 aliphatic carbocycles. The van der Waals surface area contributed by atoms with E-state index in [4.69, 9.17) is 4.74 Å². The fourth-order valence-corrected chi connectivity index (χ4v) is 4.74. The summed E-state index contributed by atoms with van der Waals surface area (Å²) in [6, 6.07) is 35.9. The Balaban J connectivity index is 1.78. The molecule has 6 rings (SSSR count). The van der Waals surface area contributed by atoms with Gasteiger partial charge in [0.1, 0.15) is 16.9 Å². The summed E-state index contributed by atoms with van der Waals surface area (Å²) in [5.74, 6) is 1.74. The minimum atomic E-state index is -0.533. The quantitative estimate of drug-likeness (QED) is 0.379. The Labute approximate surface area is 175 Å². The summed E-state index contributed by atoms with van der Waals surface area (Å²) in [7, 11) is 0. The molecule has 3 nitrogen and oxygen atoms in total. The highest BCUT2D eigenvalue weighted by atomic mass is 16.5. The standard InChI is InChI=1S/C27H20N2O/c1-4-10-20(11-5-1)27(21-12-6-2-7-13-21)25-23(16-18-28-25)30-24-17-19-29(26(24)27)22-14-8-3-9-15-22/h1-19,28H. The van der Waals surface area contributed by atoms with Crippen molar-refractivity contribution in [1.29, 1.82) is 0 Å². The third-order valence-electron chi connectivity index (χ3n) is 5.96. The van der Waals surface area contributed by atoms with Gasteiger partial charge in [0, 0.05) is 18.1 Å². The van der Waals surface area contributed by atoms with Crippen LogP contribution in [0.4, 0.5) is 0 Å². The highest BCUT2D eigenvalue weighted by Gasteiger charge is 2.48. The van der Waals surface area contributed by atoms with E-state index < -0.39 is 5.41 Å². The molecule has 3 aromatic carbocycles. The van der Waals surface area contributed by atoms with Gasteiger partial charge in [-0.1, -0.05) is 78.9 Å². The maximum absolute atomic E-state index is 6.37. The summed E-state index contributed by atoms with van der Waals surface area (Å²) in [5, 5.41) is 0. The predicted molar refractivity (Wildman–Crippen MR) is 119 cm³/mol. The molecule has 0 saturated carbocycles. The van der Waals surface area contributed by atoms with Crippen LogP contribution in [0.15, 0.2) is 116 Å². The Hall–Kier alpha value is -3.98. The zero-order chi connectivity index (χ0) is 20.0. The zero-order valence-electron chi connectivity index (χ0n) is 16.3. The Morgan fingerprint density at radius 2 is 1.23 bits per heavy atom. The lowest BCUT2D eigenvalue weighted by molar-refractivity contribution is 0.427. The Morgan fingerprint density at radius 1 is 0.633 bits per heavy atom. The van der Waals surface area contributed by atoms with Gasteiger partial charge in [-0.2, -0.15) is 0 Å². The maximum atomic E-state index is 6.37. The minimum absolute atomic E-state index is 0.533. The van der Waals surface area contributed by atoms with Crippen LogP contribution in [-0.2, 0) is 5.41 Å². The number of rotatable bonds is 3. The minimum Gasteiger partial charge on any atom is -0.453 e. The van der Waals surface area contributed by atoms with Gasteiger partial charge < -0.3 is 14.3 Å². The topological polar surface area (TPSA) is 29.9 Å². The Kier molecular flexibility index (Phi) is 3.68. The molecule has 0 bridgehead atoms. The number of aromatic amines is 1. The summed E-state index contributed by atoms with van der Waals surface area (Å²) in [4.78, 5) is 3.52. The van der Waals surface area contributed by atoms with Crippen molar-refractivity contribution in [1.82, 2.24) is 9.55 Å². The molecule has 1 aliphatic heterocycles. The normalized spacial score (nSPS) is 13.9. The molecule has 0 atom stereocenters. The largest absolute Gasteiger partial charge is 0.453 e. The summed E-state index contributed by atoms with van der Waals surface area (Å²) in [6.45, 7) is 0. The van der Waals surface area contributed by atoms with Crippen molar-refractivity contribution in [2.45, 2.75) is 5.41 Å². The fourth-order valence-electron chi connectivity index (χ4n) is 4.74. The van der Waals surface area contributed by atoms with Crippen molar-refractivity contribution in [2.75, 3.05) is 0 Å². The molecule has 5 aromatic rings. The van der Waals surface area contributed by atoms with Crippen molar-refractivity contribution in [2.24, 2.45) is 0 Å². The van der Waals surface area contributed by atoms with E-state index in [0.29, 0.717) is 0 Å². The number of nitrogens with zero attached hydrogens (tertiary/aromatic N) is 1. The first-order chi connectivity index (χ1) is 14.9. The first-order valence-corrected chi connectivity index (χ1v) is 10.1. The number of nitrogens with one attached hydrogen (secondary N) is 1. The van der Waals surface area contributed by atoms with Gasteiger partial charge in [0.05, 0.1) is 11.4 Å². The van der Waals surface area contributed by atoms with Gasteiger partial charge in [0.25, 0.3) is 0 Å². The molecule has 144 valence electrons. The van der Waals surface area contributed by atoms with Crippen LogP contribution in [0.3, 0.4) is 0 Å². The van der Waals surface area contributed by atoms with Gasteiger partial charge in [-0.15, -0.1) is 0 Å². The molecular weight excluding hydrogens is 368 g/mol. The molecule has 0 fully saturated rings. The van der Waals surface area contributed by atoms with E-state index in [1.807, 2.05) is 18.3 Å². The number of para-hydroxylation sites is 1. The molecule has 30 heavy (non-hydrogen) atoms. The van der Waals surface area contributed by atoms with Gasteiger partial charge in [0.15, 0.2) is 0 Å². The smallest absolute Gasteiger partial charge is 0.150 e. The fraction of sp³-hybridized carbons (Fsp3) is 0.0370. The molecule has 3 heterocycles. The highest BCUT2D eigenvalue weighted by Crippen LogP contribution is 2.55. The number of aromatic nitrogens is 2. The number of benzene rings is 3. The number of hydrogen-bond acceptors (Lipinski definition) is 1. The van der Waals surface area contributed by atoms with Gasteiger partial charge in [0.2, 0.25) is 0 Å². The van der Waals surface area contributed by atoms with Gasteiger partial charge in [-0.3, -0.25) is 0 Å². The number of hydrogen-bond donors (Lipinski definition) is 1. The lowest BCUT2D eigenvalue weighted by Gasteiger charge is -2.39. The van der Waals surface area contributed by atoms with Crippen LogP contribution in [0.5, 0.6) is 11.5 Å². The second-order valence-corrected chi connectivity index (χ2v) is 7.54. The van der Waals surface area contributed by atoms with Gasteiger partial charge in [-0.25, -0.2) is 0 Å². The van der Waals surface area contributed by atoms with Crippen molar-refractivity contribution in [3.63, 3.8) is 0 Å². The molecule has 1 N–H and O–H groups in total. The first-order valence-electron chi connectivity index (χ1n) is 10.1.